The van der Waals surface area contributed by atoms with E-state index in [0.717, 1.165) is 0 Å². The molecule has 6 nitrogen and oxygen atoms in total. The van der Waals surface area contributed by atoms with Gasteiger partial charge in [0.25, 0.3) is 5.91 Å². The van der Waals surface area contributed by atoms with Crippen molar-refractivity contribution in [3.63, 3.8) is 0 Å². The van der Waals surface area contributed by atoms with E-state index < -0.39 is 46.4 Å². The molecule has 0 aliphatic heterocycles. The molecule has 0 bridgehead atoms. The van der Waals surface area contributed by atoms with Crippen LogP contribution in [0.5, 0.6) is 0 Å². The summed E-state index contributed by atoms with van der Waals surface area (Å²) in [6, 6.07) is 0.548. The molecule has 0 heterocycles. The number of hydrogen-bond donors (Lipinski definition) is 2. The molecule has 1 aromatic carbocycles. The Labute approximate surface area is 100 Å². The van der Waals surface area contributed by atoms with Crippen molar-refractivity contribution in [2.45, 2.75) is 13.0 Å². The number of carbonyl (C=O) groups is 1. The summed E-state index contributed by atoms with van der Waals surface area (Å²) >= 11 is 0. The van der Waals surface area contributed by atoms with Crippen molar-refractivity contribution in [1.82, 2.24) is 5.32 Å². The summed E-state index contributed by atoms with van der Waals surface area (Å²) in [5, 5.41) is 21.3. The molecule has 0 saturated carbocycles. The van der Waals surface area contributed by atoms with Crippen molar-refractivity contribution < 1.29 is 23.6 Å². The van der Waals surface area contributed by atoms with Gasteiger partial charge in [0.05, 0.1) is 11.5 Å². The summed E-state index contributed by atoms with van der Waals surface area (Å²) in [6.07, 6.45) is 0. The number of carbonyl (C=O) groups excluding carboxylic acids is 1. The van der Waals surface area contributed by atoms with Crippen molar-refractivity contribution in [1.29, 1.82) is 0 Å². The maximum absolute atomic E-state index is 13.6. The summed E-state index contributed by atoms with van der Waals surface area (Å²) in [4.78, 5) is 20.9. The van der Waals surface area contributed by atoms with Crippen LogP contribution in [0.1, 0.15) is 17.3 Å². The van der Waals surface area contributed by atoms with Gasteiger partial charge in [-0.2, -0.15) is 4.39 Å². The van der Waals surface area contributed by atoms with Crippen LogP contribution in [-0.2, 0) is 0 Å². The Morgan fingerprint density at radius 3 is 2.67 bits per heavy atom. The second-order valence-electron chi connectivity index (χ2n) is 3.57. The van der Waals surface area contributed by atoms with Crippen LogP contribution in [0.2, 0.25) is 0 Å². The smallest absolute Gasteiger partial charge is 0.305 e. The van der Waals surface area contributed by atoms with E-state index in [1.807, 2.05) is 0 Å². The molecule has 1 aromatic rings. The maximum atomic E-state index is 13.6. The minimum atomic E-state index is -1.54. The Hall–Kier alpha value is -2.09. The molecule has 0 saturated heterocycles. The van der Waals surface area contributed by atoms with E-state index in [9.17, 15) is 23.7 Å². The molecule has 98 valence electrons. The summed E-state index contributed by atoms with van der Waals surface area (Å²) in [6.45, 7) is 0.981. The maximum Gasteiger partial charge on any atom is 0.305 e. The minimum absolute atomic E-state index is 0.427. The summed E-state index contributed by atoms with van der Waals surface area (Å²) < 4.78 is 26.9. The number of amides is 1. The topological polar surface area (TPSA) is 92.5 Å². The monoisotopic (exact) mass is 260 g/mol. The first-order valence-corrected chi connectivity index (χ1v) is 4.92. The summed E-state index contributed by atoms with van der Waals surface area (Å²) in [5.41, 5.74) is -2.03. The van der Waals surface area contributed by atoms with E-state index in [0.29, 0.717) is 12.1 Å². The average Bonchev–Trinajstić information content (AvgIpc) is 2.28. The van der Waals surface area contributed by atoms with Gasteiger partial charge in [-0.25, -0.2) is 4.39 Å². The molecule has 2 N–H and O–H groups in total. The summed E-state index contributed by atoms with van der Waals surface area (Å²) in [7, 11) is 0. The molecule has 0 aromatic heterocycles. The van der Waals surface area contributed by atoms with Gasteiger partial charge in [0, 0.05) is 12.1 Å². The second-order valence-corrected chi connectivity index (χ2v) is 3.57. The molecular weight excluding hydrogens is 250 g/mol. The number of rotatable bonds is 4. The molecule has 0 fully saturated rings. The third-order valence-electron chi connectivity index (χ3n) is 2.15. The van der Waals surface area contributed by atoms with Gasteiger partial charge in [-0.05, 0) is 13.0 Å². The van der Waals surface area contributed by atoms with Crippen molar-refractivity contribution in [2.24, 2.45) is 0 Å². The fourth-order valence-electron chi connectivity index (χ4n) is 1.23. The number of hydrogen-bond acceptors (Lipinski definition) is 4. The lowest BCUT2D eigenvalue weighted by molar-refractivity contribution is -0.387. The zero-order valence-corrected chi connectivity index (χ0v) is 9.31. The van der Waals surface area contributed by atoms with Crippen LogP contribution in [0.4, 0.5) is 14.5 Å². The predicted octanol–water partition coefficient (Wildman–Crippen LogP) is 0.984. The third-order valence-corrected chi connectivity index (χ3v) is 2.15. The van der Waals surface area contributed by atoms with E-state index in [2.05, 4.69) is 5.32 Å². The Morgan fingerprint density at radius 2 is 2.17 bits per heavy atom. The Morgan fingerprint density at radius 1 is 1.56 bits per heavy atom. The third kappa shape index (κ3) is 2.77. The van der Waals surface area contributed by atoms with E-state index in [1.54, 1.807) is 0 Å². The van der Waals surface area contributed by atoms with Crippen molar-refractivity contribution >= 4 is 11.6 Å². The van der Waals surface area contributed by atoms with Gasteiger partial charge in [0.15, 0.2) is 0 Å². The molecular formula is C10H10F2N2O4. The lowest BCUT2D eigenvalue weighted by atomic mass is 10.1. The standard InChI is InChI=1S/C10H10F2N2O4/c1-5(4-15)13-10(16)8-6(11)2-3-7(9(8)12)14(17)18/h2-3,5,15H,4H2,1H3,(H,13,16)/t5-/m0/s1. The van der Waals surface area contributed by atoms with Gasteiger partial charge in [-0.1, -0.05) is 0 Å². The van der Waals surface area contributed by atoms with Crippen LogP contribution < -0.4 is 5.32 Å². The van der Waals surface area contributed by atoms with Crippen molar-refractivity contribution in [3.8, 4) is 0 Å². The molecule has 1 atom stereocenters. The number of nitrogens with zero attached hydrogens (tertiary/aromatic N) is 1. The first kappa shape index (κ1) is 14.0. The van der Waals surface area contributed by atoms with E-state index in [-0.39, 0.29) is 0 Å². The number of halogens is 2. The van der Waals surface area contributed by atoms with Gasteiger partial charge in [0.2, 0.25) is 5.82 Å². The van der Waals surface area contributed by atoms with Gasteiger partial charge in [-0.15, -0.1) is 0 Å². The molecule has 1 amide bonds. The van der Waals surface area contributed by atoms with Crippen LogP contribution in [0, 0.1) is 21.7 Å². The highest BCUT2D eigenvalue weighted by atomic mass is 19.1. The first-order chi connectivity index (χ1) is 8.38. The number of benzene rings is 1. The lowest BCUT2D eigenvalue weighted by Gasteiger charge is -2.11. The average molecular weight is 260 g/mol. The van der Waals surface area contributed by atoms with Gasteiger partial charge >= 0.3 is 5.69 Å². The highest BCUT2D eigenvalue weighted by Gasteiger charge is 2.26. The molecule has 8 heteroatoms. The second kappa shape index (κ2) is 5.50. The van der Waals surface area contributed by atoms with Crippen LogP contribution in [-0.4, -0.2) is 28.6 Å². The lowest BCUT2D eigenvalue weighted by Crippen LogP contribution is -2.36. The normalized spacial score (nSPS) is 12.0. The molecule has 1 rings (SSSR count). The number of nitro groups is 1. The number of aliphatic hydroxyl groups is 1. The molecule has 0 spiro atoms. The number of nitrogens with one attached hydrogen (secondary N) is 1. The van der Waals surface area contributed by atoms with Gasteiger partial charge in [0.1, 0.15) is 11.4 Å². The number of nitro benzene ring substituents is 1. The fourth-order valence-corrected chi connectivity index (χ4v) is 1.23. The van der Waals surface area contributed by atoms with Gasteiger partial charge in [-0.3, -0.25) is 14.9 Å². The minimum Gasteiger partial charge on any atom is -0.394 e. The van der Waals surface area contributed by atoms with Crippen molar-refractivity contribution in [2.75, 3.05) is 6.61 Å². The highest BCUT2D eigenvalue weighted by molar-refractivity contribution is 5.95. The van der Waals surface area contributed by atoms with Gasteiger partial charge < -0.3 is 10.4 Å². The highest BCUT2D eigenvalue weighted by Crippen LogP contribution is 2.22. The molecule has 0 radical (unpaired) electrons. The molecule has 0 unspecified atom stereocenters. The zero-order valence-electron chi connectivity index (χ0n) is 9.31. The van der Waals surface area contributed by atoms with Crippen LogP contribution in [0.25, 0.3) is 0 Å². The van der Waals surface area contributed by atoms with Crippen LogP contribution in [0.3, 0.4) is 0 Å². The van der Waals surface area contributed by atoms with Crippen LogP contribution >= 0.6 is 0 Å². The number of aliphatic hydroxyl groups excluding tert-OH is 1. The first-order valence-electron chi connectivity index (χ1n) is 4.92. The SMILES string of the molecule is C[C@@H](CO)NC(=O)c1c(F)ccc([N+](=O)[O-])c1F. The van der Waals surface area contributed by atoms with Crippen molar-refractivity contribution in [3.05, 3.63) is 39.4 Å². The van der Waals surface area contributed by atoms with E-state index in [4.69, 9.17) is 5.11 Å². The Kier molecular flexibility index (Phi) is 4.27. The molecule has 0 aliphatic carbocycles. The summed E-state index contributed by atoms with van der Waals surface area (Å²) in [5.74, 6) is -3.90. The van der Waals surface area contributed by atoms with Crippen LogP contribution in [0.15, 0.2) is 12.1 Å². The molecule has 18 heavy (non-hydrogen) atoms. The fraction of sp³-hybridized carbons (Fsp3) is 0.300. The predicted molar refractivity (Wildman–Crippen MR) is 57.0 cm³/mol. The zero-order chi connectivity index (χ0) is 13.9. The quantitative estimate of drug-likeness (QED) is 0.623. The molecule has 0 aliphatic rings. The van der Waals surface area contributed by atoms with E-state index in [1.165, 1.54) is 6.92 Å². The Bertz CT molecular complexity index is 493. The van der Waals surface area contributed by atoms with E-state index >= 15 is 0 Å². The Balaban J connectivity index is 3.19. The largest absolute Gasteiger partial charge is 0.394 e.